The van der Waals surface area contributed by atoms with E-state index < -0.39 is 18.2 Å². The van der Waals surface area contributed by atoms with Gasteiger partial charge in [-0.2, -0.15) is 0 Å². The van der Waals surface area contributed by atoms with E-state index in [2.05, 4.69) is 38.7 Å². The maximum absolute atomic E-state index is 13.3. The van der Waals surface area contributed by atoms with Gasteiger partial charge >= 0.3 is 5.97 Å². The van der Waals surface area contributed by atoms with E-state index in [-0.39, 0.29) is 31.2 Å². The van der Waals surface area contributed by atoms with Crippen LogP contribution in [0.15, 0.2) is 96.7 Å². The van der Waals surface area contributed by atoms with Crippen LogP contribution in [0, 0.1) is 5.92 Å². The van der Waals surface area contributed by atoms with Gasteiger partial charge in [0.05, 0.1) is 44.7 Å². The molecule has 48 heavy (non-hydrogen) atoms. The largest absolute Gasteiger partial charge is 0.497 e. The van der Waals surface area contributed by atoms with E-state index in [0.717, 1.165) is 42.6 Å². The zero-order valence-electron chi connectivity index (χ0n) is 29.1. The van der Waals surface area contributed by atoms with Crippen LogP contribution in [0.3, 0.4) is 0 Å². The molecule has 1 aromatic carbocycles. The second kappa shape index (κ2) is 20.3. The number of rotatable bonds is 10. The number of carbonyl (C=O) groups is 1. The second-order valence-electron chi connectivity index (χ2n) is 13.0. The molecule has 8 heteroatoms. The second-order valence-corrected chi connectivity index (χ2v) is 13.0. The van der Waals surface area contributed by atoms with Crippen molar-refractivity contribution in [2.45, 2.75) is 102 Å². The van der Waals surface area contributed by atoms with Crippen LogP contribution in [0.5, 0.6) is 5.75 Å². The van der Waals surface area contributed by atoms with E-state index in [0.29, 0.717) is 38.4 Å². The normalized spacial score (nSPS) is 29.7. The number of ether oxygens (including phenoxy) is 7. The maximum atomic E-state index is 13.3. The molecule has 0 aliphatic carbocycles. The molecule has 3 heterocycles. The third-order valence-corrected chi connectivity index (χ3v) is 8.67. The van der Waals surface area contributed by atoms with Crippen molar-refractivity contribution in [2.24, 2.45) is 5.92 Å². The molecule has 0 spiro atoms. The molecule has 8 nitrogen and oxygen atoms in total. The minimum absolute atomic E-state index is 0.0795. The van der Waals surface area contributed by atoms with Gasteiger partial charge in [0.1, 0.15) is 24.8 Å². The first-order valence-electron chi connectivity index (χ1n) is 17.1. The molecule has 0 saturated carbocycles. The number of benzene rings is 1. The number of methoxy groups -OCH3 is 2. The Labute approximate surface area is 287 Å². The molecule has 0 saturated heterocycles. The minimum Gasteiger partial charge on any atom is -0.497 e. The lowest BCUT2D eigenvalue weighted by molar-refractivity contribution is -0.149. The Balaban J connectivity index is 1.59. The van der Waals surface area contributed by atoms with Crippen molar-refractivity contribution in [1.29, 1.82) is 0 Å². The van der Waals surface area contributed by atoms with Crippen molar-refractivity contribution in [3.05, 3.63) is 102 Å². The summed E-state index contributed by atoms with van der Waals surface area (Å²) in [7, 11) is 3.25. The summed E-state index contributed by atoms with van der Waals surface area (Å²) in [6, 6.07) is 7.74. The Hall–Kier alpha value is -3.27. The van der Waals surface area contributed by atoms with E-state index in [1.54, 1.807) is 14.2 Å². The summed E-state index contributed by atoms with van der Waals surface area (Å²) < 4.78 is 41.5. The summed E-state index contributed by atoms with van der Waals surface area (Å²) in [6.45, 7) is 9.79. The zero-order valence-corrected chi connectivity index (χ0v) is 29.1. The van der Waals surface area contributed by atoms with E-state index in [1.165, 1.54) is 11.6 Å². The molecule has 3 aliphatic rings. The minimum atomic E-state index is -0.617. The van der Waals surface area contributed by atoms with Gasteiger partial charge in [0, 0.05) is 19.6 Å². The molecule has 1 aromatic rings. The Morgan fingerprint density at radius 2 is 1.83 bits per heavy atom. The number of hydrogen-bond donors (Lipinski definition) is 0. The van der Waals surface area contributed by atoms with Gasteiger partial charge in [0.15, 0.2) is 0 Å². The lowest BCUT2D eigenvalue weighted by atomic mass is 9.91. The number of esters is 1. The molecular formula is C40H54O8. The summed E-state index contributed by atoms with van der Waals surface area (Å²) in [6.07, 6.45) is 21.5. The summed E-state index contributed by atoms with van der Waals surface area (Å²) in [4.78, 5) is 13.3. The zero-order chi connectivity index (χ0) is 34.1. The van der Waals surface area contributed by atoms with Gasteiger partial charge in [0.2, 0.25) is 0 Å². The molecular weight excluding hydrogens is 608 g/mol. The van der Waals surface area contributed by atoms with Crippen LogP contribution in [0.2, 0.25) is 0 Å². The van der Waals surface area contributed by atoms with Crippen molar-refractivity contribution in [3.8, 4) is 5.75 Å². The van der Waals surface area contributed by atoms with Gasteiger partial charge in [-0.1, -0.05) is 85.4 Å². The van der Waals surface area contributed by atoms with E-state index >= 15 is 0 Å². The summed E-state index contributed by atoms with van der Waals surface area (Å²) in [5, 5.41) is 0. The lowest BCUT2D eigenvalue weighted by Crippen LogP contribution is -2.32. The van der Waals surface area contributed by atoms with E-state index in [1.807, 2.05) is 54.6 Å². The fourth-order valence-corrected chi connectivity index (χ4v) is 6.18. The molecule has 4 rings (SSSR count). The van der Waals surface area contributed by atoms with E-state index in [4.69, 9.17) is 33.2 Å². The van der Waals surface area contributed by atoms with Crippen LogP contribution in [0.4, 0.5) is 0 Å². The van der Waals surface area contributed by atoms with Crippen LogP contribution in [0.1, 0.15) is 64.4 Å². The molecule has 3 aliphatic heterocycles. The number of carbonyl (C=O) groups excluding carboxylic acids is 1. The Morgan fingerprint density at radius 1 is 1.02 bits per heavy atom. The Morgan fingerprint density at radius 3 is 2.60 bits per heavy atom. The molecule has 0 N–H and O–H groups in total. The van der Waals surface area contributed by atoms with Gasteiger partial charge in [-0.05, 0) is 69.1 Å². The smallest absolute Gasteiger partial charge is 0.330 e. The quantitative estimate of drug-likeness (QED) is 0.143. The third kappa shape index (κ3) is 13.3. The monoisotopic (exact) mass is 662 g/mol. The highest BCUT2D eigenvalue weighted by Gasteiger charge is 2.25. The molecule has 262 valence electrons. The van der Waals surface area contributed by atoms with Crippen molar-refractivity contribution in [2.75, 3.05) is 27.6 Å². The summed E-state index contributed by atoms with van der Waals surface area (Å²) in [5.41, 5.74) is 3.37. The van der Waals surface area contributed by atoms with Gasteiger partial charge in [0.25, 0.3) is 0 Å². The summed E-state index contributed by atoms with van der Waals surface area (Å²) >= 11 is 0. The van der Waals surface area contributed by atoms with Crippen LogP contribution in [-0.2, 0) is 39.8 Å². The molecule has 0 fully saturated rings. The maximum Gasteiger partial charge on any atom is 0.330 e. The Kier molecular flexibility index (Phi) is 15.9. The summed E-state index contributed by atoms with van der Waals surface area (Å²) in [5.74, 6) is 0.757. The molecule has 0 amide bonds. The molecule has 7 atom stereocenters. The van der Waals surface area contributed by atoms with Gasteiger partial charge in [-0.3, -0.25) is 0 Å². The van der Waals surface area contributed by atoms with Crippen molar-refractivity contribution >= 4 is 5.97 Å². The first kappa shape index (κ1) is 37.5. The van der Waals surface area contributed by atoms with Crippen LogP contribution in [0.25, 0.3) is 0 Å². The molecule has 0 radical (unpaired) electrons. The average Bonchev–Trinajstić information content (AvgIpc) is 3.06. The molecule has 0 unspecified atom stereocenters. The fourth-order valence-electron chi connectivity index (χ4n) is 6.18. The number of hydrogen-bond acceptors (Lipinski definition) is 8. The van der Waals surface area contributed by atoms with Crippen molar-refractivity contribution < 1.29 is 38.0 Å². The first-order valence-corrected chi connectivity index (χ1v) is 17.1. The van der Waals surface area contributed by atoms with Crippen LogP contribution in [-0.4, -0.2) is 70.2 Å². The highest BCUT2D eigenvalue weighted by Crippen LogP contribution is 2.27. The lowest BCUT2D eigenvalue weighted by Gasteiger charge is -2.28. The number of fused-ring (bicyclic) bond motifs is 2. The number of cyclic esters (lactones) is 1. The topological polar surface area (TPSA) is 81.7 Å². The van der Waals surface area contributed by atoms with Crippen molar-refractivity contribution in [1.82, 2.24) is 0 Å². The molecule has 0 aromatic heterocycles. The van der Waals surface area contributed by atoms with Crippen LogP contribution < -0.4 is 4.74 Å². The first-order chi connectivity index (χ1) is 23.3. The van der Waals surface area contributed by atoms with Gasteiger partial charge < -0.3 is 33.2 Å². The van der Waals surface area contributed by atoms with Gasteiger partial charge in [-0.25, -0.2) is 4.79 Å². The third-order valence-electron chi connectivity index (χ3n) is 8.67. The van der Waals surface area contributed by atoms with E-state index in [9.17, 15) is 4.79 Å². The standard InChI is InChI=1S/C40H54O8/c1-29-21-22-44-36(24-29)19-20-38(45-27-32-15-17-33(43-5)18-16-32)39-13-7-11-35(46-28-42-4)25-30(2)23-31(3)26-37-12-6-9-34(47-37)10-8-14-40(41)48-39/h6-9,11,14-21,31,34-39H,2,10,12-13,22-28H2,1,3-5H3/b11-7+,14-8-,20-19+/t31-,34-,35+,36+,37-,38-,39-/m0/s1. The highest BCUT2D eigenvalue weighted by atomic mass is 16.7. The average molecular weight is 663 g/mol. The SMILES string of the molecule is C=C1C[C@H](C)C[C@@H]2CC=C[C@@H](C/C=C\C(=O)O[C@H]([C@H](/C=C/[C@@H]3CC(C)=CCO3)OCc3ccc(OC)cc3)C/C=C/[C@@H](OCOC)C1)O2. The highest BCUT2D eigenvalue weighted by molar-refractivity contribution is 5.82. The Bertz CT molecular complexity index is 1290. The predicted octanol–water partition coefficient (Wildman–Crippen LogP) is 7.76. The fraction of sp³-hybridized carbons (Fsp3) is 0.525. The predicted molar refractivity (Wildman–Crippen MR) is 188 cm³/mol. The molecule has 2 bridgehead atoms. The van der Waals surface area contributed by atoms with Crippen LogP contribution >= 0.6 is 0 Å². The van der Waals surface area contributed by atoms with Gasteiger partial charge in [-0.15, -0.1) is 0 Å². The van der Waals surface area contributed by atoms with Crippen molar-refractivity contribution in [3.63, 3.8) is 0 Å².